The summed E-state index contributed by atoms with van der Waals surface area (Å²) in [5.41, 5.74) is 0. The first-order valence-corrected chi connectivity index (χ1v) is 8.95. The van der Waals surface area contributed by atoms with Crippen molar-refractivity contribution >= 4 is 15.8 Å². The van der Waals surface area contributed by atoms with E-state index in [0.717, 1.165) is 12.3 Å². The summed E-state index contributed by atoms with van der Waals surface area (Å²) in [5, 5.41) is 9.01. The normalized spacial score (nSPS) is 41.5. The summed E-state index contributed by atoms with van der Waals surface area (Å²) in [4.78, 5) is 13.2. The molecular weight excluding hydrogens is 266 g/mol. The van der Waals surface area contributed by atoms with Crippen molar-refractivity contribution in [2.75, 3.05) is 18.1 Å². The van der Waals surface area contributed by atoms with Crippen LogP contribution in [-0.4, -0.2) is 54.5 Å². The monoisotopic (exact) mass is 287 g/mol. The van der Waals surface area contributed by atoms with Crippen molar-refractivity contribution in [2.45, 2.75) is 44.2 Å². The lowest BCUT2D eigenvalue weighted by Crippen LogP contribution is -2.55. The number of fused-ring (bicyclic) bond motifs is 2. The molecule has 3 fully saturated rings. The molecule has 1 saturated heterocycles. The Morgan fingerprint density at radius 3 is 2.63 bits per heavy atom. The third-order valence-corrected chi connectivity index (χ3v) is 6.81. The number of carbonyl (C=O) groups is 1. The molecule has 6 heteroatoms. The fourth-order valence-corrected chi connectivity index (χ4v) is 5.88. The van der Waals surface area contributed by atoms with Gasteiger partial charge in [0, 0.05) is 18.6 Å². The van der Waals surface area contributed by atoms with Crippen molar-refractivity contribution in [1.82, 2.24) is 4.90 Å². The van der Waals surface area contributed by atoms with Crippen LogP contribution in [0.25, 0.3) is 0 Å². The zero-order chi connectivity index (χ0) is 13.6. The van der Waals surface area contributed by atoms with Crippen LogP contribution in [0.5, 0.6) is 0 Å². The molecule has 4 unspecified atom stereocenters. The summed E-state index contributed by atoms with van der Waals surface area (Å²) >= 11 is 0. The van der Waals surface area contributed by atoms with E-state index in [1.807, 2.05) is 0 Å². The van der Waals surface area contributed by atoms with Gasteiger partial charge in [0.1, 0.15) is 0 Å². The highest BCUT2D eigenvalue weighted by molar-refractivity contribution is 7.91. The highest BCUT2D eigenvalue weighted by Gasteiger charge is 2.46. The lowest BCUT2D eigenvalue weighted by atomic mass is 9.92. The van der Waals surface area contributed by atoms with Crippen molar-refractivity contribution < 1.29 is 18.3 Å². The largest absolute Gasteiger partial charge is 0.481 e. The first kappa shape index (κ1) is 13.4. The minimum atomic E-state index is -3.06. The van der Waals surface area contributed by atoms with Gasteiger partial charge in [0.2, 0.25) is 0 Å². The fourth-order valence-electron chi connectivity index (χ4n) is 4.33. The van der Waals surface area contributed by atoms with Gasteiger partial charge < -0.3 is 5.11 Å². The number of aliphatic carboxylic acids is 1. The minimum Gasteiger partial charge on any atom is -0.481 e. The van der Waals surface area contributed by atoms with Gasteiger partial charge in [0.05, 0.1) is 17.9 Å². The molecule has 2 bridgehead atoms. The van der Waals surface area contributed by atoms with E-state index >= 15 is 0 Å². The Balaban J connectivity index is 1.76. The number of carboxylic acid groups (broad SMARTS) is 1. The van der Waals surface area contributed by atoms with E-state index in [1.54, 1.807) is 0 Å². The minimum absolute atomic E-state index is 0.0210. The van der Waals surface area contributed by atoms with Crippen molar-refractivity contribution in [3.63, 3.8) is 0 Å². The van der Waals surface area contributed by atoms with Gasteiger partial charge in [-0.25, -0.2) is 8.42 Å². The maximum atomic E-state index is 11.7. The highest BCUT2D eigenvalue weighted by Crippen LogP contribution is 2.47. The molecule has 3 aliphatic rings. The van der Waals surface area contributed by atoms with E-state index in [2.05, 4.69) is 4.90 Å². The second kappa shape index (κ2) is 4.74. The standard InChI is InChI=1S/C13H21NO4S/c15-13(16)7-11-8-19(17,18)4-3-14(11)12-6-9-1-2-10(12)5-9/h9-12H,1-8H2,(H,15,16). The first-order valence-electron chi connectivity index (χ1n) is 7.12. The number of rotatable bonds is 3. The summed E-state index contributed by atoms with van der Waals surface area (Å²) in [6, 6.07) is 0.110. The van der Waals surface area contributed by atoms with Gasteiger partial charge in [-0.2, -0.15) is 0 Å². The predicted octanol–water partition coefficient (Wildman–Crippen LogP) is 0.749. The third-order valence-electron chi connectivity index (χ3n) is 5.11. The molecule has 0 spiro atoms. The Labute approximate surface area is 113 Å². The van der Waals surface area contributed by atoms with Gasteiger partial charge in [-0.15, -0.1) is 0 Å². The van der Waals surface area contributed by atoms with Crippen molar-refractivity contribution in [3.8, 4) is 0 Å². The molecule has 3 rings (SSSR count). The lowest BCUT2D eigenvalue weighted by molar-refractivity contribution is -0.138. The van der Waals surface area contributed by atoms with Crippen molar-refractivity contribution in [3.05, 3.63) is 0 Å². The summed E-state index contributed by atoms with van der Waals surface area (Å²) in [6.07, 6.45) is 4.89. The molecule has 1 aliphatic heterocycles. The molecule has 19 heavy (non-hydrogen) atoms. The molecule has 2 saturated carbocycles. The lowest BCUT2D eigenvalue weighted by Gasteiger charge is -2.42. The van der Waals surface area contributed by atoms with Crippen LogP contribution < -0.4 is 0 Å². The van der Waals surface area contributed by atoms with Gasteiger partial charge in [-0.1, -0.05) is 6.42 Å². The molecule has 0 aromatic heterocycles. The van der Waals surface area contributed by atoms with E-state index < -0.39 is 15.8 Å². The van der Waals surface area contributed by atoms with Crippen LogP contribution in [0.4, 0.5) is 0 Å². The van der Waals surface area contributed by atoms with Crippen LogP contribution in [0.15, 0.2) is 0 Å². The molecule has 4 atom stereocenters. The average Bonchev–Trinajstić information content (AvgIpc) is 2.88. The maximum absolute atomic E-state index is 11.7. The summed E-state index contributed by atoms with van der Waals surface area (Å²) in [6.45, 7) is 0.522. The van der Waals surface area contributed by atoms with E-state index in [4.69, 9.17) is 5.11 Å². The molecule has 1 heterocycles. The second-order valence-electron chi connectivity index (χ2n) is 6.35. The maximum Gasteiger partial charge on any atom is 0.304 e. The highest BCUT2D eigenvalue weighted by atomic mass is 32.2. The van der Waals surface area contributed by atoms with Gasteiger partial charge in [-0.05, 0) is 31.1 Å². The van der Waals surface area contributed by atoms with Crippen LogP contribution in [-0.2, 0) is 14.6 Å². The zero-order valence-electron chi connectivity index (χ0n) is 11.0. The Hall–Kier alpha value is -0.620. The number of nitrogens with zero attached hydrogens (tertiary/aromatic N) is 1. The van der Waals surface area contributed by atoms with Crippen LogP contribution >= 0.6 is 0 Å². The Morgan fingerprint density at radius 1 is 1.26 bits per heavy atom. The van der Waals surface area contributed by atoms with Crippen LogP contribution in [0, 0.1) is 11.8 Å². The number of hydrogen-bond acceptors (Lipinski definition) is 4. The fraction of sp³-hybridized carbons (Fsp3) is 0.923. The van der Waals surface area contributed by atoms with Gasteiger partial charge in [0.15, 0.2) is 9.84 Å². The Kier molecular flexibility index (Phi) is 3.33. The SMILES string of the molecule is O=C(O)CC1CS(=O)(=O)CCN1C1CC2CCC1C2. The van der Waals surface area contributed by atoms with Gasteiger partial charge in [-0.3, -0.25) is 9.69 Å². The van der Waals surface area contributed by atoms with Crippen molar-refractivity contribution in [2.24, 2.45) is 11.8 Å². The predicted molar refractivity (Wildman–Crippen MR) is 70.6 cm³/mol. The van der Waals surface area contributed by atoms with Crippen LogP contribution in [0.3, 0.4) is 0 Å². The molecule has 0 aromatic rings. The number of hydrogen-bond donors (Lipinski definition) is 1. The summed E-state index contributed by atoms with van der Waals surface area (Å²) < 4.78 is 23.5. The molecule has 0 radical (unpaired) electrons. The molecule has 1 N–H and O–H groups in total. The van der Waals surface area contributed by atoms with E-state index in [1.165, 1.54) is 19.3 Å². The Morgan fingerprint density at radius 2 is 2.05 bits per heavy atom. The van der Waals surface area contributed by atoms with E-state index in [-0.39, 0.29) is 24.0 Å². The smallest absolute Gasteiger partial charge is 0.304 e. The topological polar surface area (TPSA) is 74.7 Å². The number of carboxylic acids is 1. The van der Waals surface area contributed by atoms with E-state index in [9.17, 15) is 13.2 Å². The first-order chi connectivity index (χ1) is 8.94. The summed E-state index contributed by atoms with van der Waals surface area (Å²) in [7, 11) is -3.06. The summed E-state index contributed by atoms with van der Waals surface area (Å²) in [5.74, 6) is 0.779. The van der Waals surface area contributed by atoms with Gasteiger partial charge in [0.25, 0.3) is 0 Å². The second-order valence-corrected chi connectivity index (χ2v) is 8.57. The molecule has 5 nitrogen and oxygen atoms in total. The van der Waals surface area contributed by atoms with Gasteiger partial charge >= 0.3 is 5.97 Å². The number of sulfone groups is 1. The average molecular weight is 287 g/mol. The van der Waals surface area contributed by atoms with Crippen molar-refractivity contribution in [1.29, 1.82) is 0 Å². The molecule has 0 amide bonds. The zero-order valence-corrected chi connectivity index (χ0v) is 11.8. The quantitative estimate of drug-likeness (QED) is 0.829. The van der Waals surface area contributed by atoms with Crippen LogP contribution in [0.1, 0.15) is 32.1 Å². The van der Waals surface area contributed by atoms with Crippen LogP contribution in [0.2, 0.25) is 0 Å². The molecule has 108 valence electrons. The Bertz CT molecular complexity index is 475. The van der Waals surface area contributed by atoms with E-state index in [0.29, 0.717) is 18.5 Å². The molecular formula is C13H21NO4S. The molecule has 0 aromatic carbocycles. The third kappa shape index (κ3) is 2.65. The molecule has 2 aliphatic carbocycles.